The molecule has 3 aromatic rings. The molecule has 0 aliphatic carbocycles. The van der Waals surface area contributed by atoms with Crippen molar-refractivity contribution in [1.29, 1.82) is 0 Å². The molecule has 1 aromatic carbocycles. The van der Waals surface area contributed by atoms with Crippen molar-refractivity contribution in [3.8, 4) is 17.0 Å². The summed E-state index contributed by atoms with van der Waals surface area (Å²) in [6.45, 7) is 2.03. The molecule has 4 rings (SSSR count). The van der Waals surface area contributed by atoms with Crippen LogP contribution in [0.3, 0.4) is 0 Å². The summed E-state index contributed by atoms with van der Waals surface area (Å²) in [5.41, 5.74) is 0.734. The van der Waals surface area contributed by atoms with Gasteiger partial charge in [-0.15, -0.1) is 0 Å². The van der Waals surface area contributed by atoms with Gasteiger partial charge in [-0.25, -0.2) is 9.36 Å². The standard InChI is InChI=1S/C18H17N3O3S/c1-10-8-12(13-9-19-18(24)25-13)21-15(10)20(2)16(22)14(17(21)23)11-6-4-3-5-7-11/h3-7,9-10,12H,8H2,1-2H3,(H-,19,22,23,24)/p+1. The van der Waals surface area contributed by atoms with Crippen LogP contribution in [0.4, 0.5) is 0 Å². The lowest BCUT2D eigenvalue weighted by atomic mass is 10.1. The second-order valence-corrected chi connectivity index (χ2v) is 7.44. The molecule has 0 fully saturated rings. The first-order chi connectivity index (χ1) is 12.0. The van der Waals surface area contributed by atoms with Gasteiger partial charge in [0.05, 0.1) is 17.8 Å². The summed E-state index contributed by atoms with van der Waals surface area (Å²) < 4.78 is 3.41. The van der Waals surface area contributed by atoms with E-state index in [1.165, 1.54) is 0 Å². The molecule has 1 aliphatic rings. The van der Waals surface area contributed by atoms with E-state index in [4.69, 9.17) is 0 Å². The van der Waals surface area contributed by atoms with Gasteiger partial charge in [0.25, 0.3) is 11.7 Å². The number of nitrogens with zero attached hydrogens (tertiary/aromatic N) is 2. The Bertz CT molecular complexity index is 1070. The van der Waals surface area contributed by atoms with Crippen molar-refractivity contribution in [2.45, 2.75) is 25.3 Å². The molecular weight excluding hydrogens is 338 g/mol. The Morgan fingerprint density at radius 3 is 2.64 bits per heavy atom. The molecule has 2 aromatic heterocycles. The minimum atomic E-state index is -0.230. The number of fused-ring (bicyclic) bond motifs is 1. The van der Waals surface area contributed by atoms with Gasteiger partial charge in [-0.05, 0) is 5.56 Å². The fourth-order valence-electron chi connectivity index (χ4n) is 3.73. The zero-order valence-electron chi connectivity index (χ0n) is 13.9. The Hall–Kier alpha value is -2.67. The molecule has 1 aliphatic heterocycles. The lowest BCUT2D eigenvalue weighted by Gasteiger charge is -2.11. The van der Waals surface area contributed by atoms with Crippen LogP contribution in [0.15, 0.2) is 46.1 Å². The number of aromatic nitrogens is 3. The van der Waals surface area contributed by atoms with Gasteiger partial charge in [0.1, 0.15) is 6.04 Å². The molecule has 2 N–H and O–H groups in total. The largest absolute Gasteiger partial charge is 0.477 e. The summed E-state index contributed by atoms with van der Waals surface area (Å²) in [6, 6.07) is 8.97. The second kappa shape index (κ2) is 5.70. The van der Waals surface area contributed by atoms with Gasteiger partial charge in [0.2, 0.25) is 0 Å². The molecule has 6 nitrogen and oxygen atoms in total. The first-order valence-corrected chi connectivity index (χ1v) is 8.92. The Morgan fingerprint density at radius 2 is 2.00 bits per heavy atom. The smallest absolute Gasteiger partial charge is 0.349 e. The van der Waals surface area contributed by atoms with E-state index in [2.05, 4.69) is 4.98 Å². The van der Waals surface area contributed by atoms with Crippen molar-refractivity contribution in [3.63, 3.8) is 0 Å². The van der Waals surface area contributed by atoms with Crippen LogP contribution in [-0.4, -0.2) is 14.7 Å². The number of hydrogen-bond donors (Lipinski definition) is 2. The maximum Gasteiger partial charge on any atom is 0.349 e. The third-order valence-corrected chi connectivity index (χ3v) is 5.76. The van der Waals surface area contributed by atoms with Gasteiger partial charge in [0, 0.05) is 12.6 Å². The van der Waals surface area contributed by atoms with Crippen LogP contribution in [0.1, 0.15) is 36.0 Å². The zero-order valence-corrected chi connectivity index (χ0v) is 14.7. The first-order valence-electron chi connectivity index (χ1n) is 8.10. The van der Waals surface area contributed by atoms with E-state index in [0.29, 0.717) is 12.0 Å². The van der Waals surface area contributed by atoms with Crippen molar-refractivity contribution in [2.75, 3.05) is 0 Å². The summed E-state index contributed by atoms with van der Waals surface area (Å²) in [7, 11) is 1.77. The number of aromatic amines is 1. The number of aromatic hydroxyl groups is 1. The van der Waals surface area contributed by atoms with E-state index in [9.17, 15) is 14.7 Å². The summed E-state index contributed by atoms with van der Waals surface area (Å²) in [5.74, 6) is 0.834. The molecule has 0 saturated heterocycles. The molecule has 0 amide bonds. The Kier molecular flexibility index (Phi) is 3.61. The highest BCUT2D eigenvalue weighted by Gasteiger charge is 2.42. The molecule has 128 valence electrons. The summed E-state index contributed by atoms with van der Waals surface area (Å²) in [5, 5.41) is 10.7. The number of rotatable bonds is 2. The maximum atomic E-state index is 13.3. The van der Waals surface area contributed by atoms with Crippen LogP contribution in [0, 0.1) is 0 Å². The molecule has 0 radical (unpaired) electrons. The fraction of sp³-hybridized carbons (Fsp3) is 0.278. The van der Waals surface area contributed by atoms with Crippen molar-refractivity contribution in [2.24, 2.45) is 7.05 Å². The zero-order chi connectivity index (χ0) is 17.7. The average molecular weight is 356 g/mol. The van der Waals surface area contributed by atoms with Crippen molar-refractivity contribution in [1.82, 2.24) is 9.55 Å². The summed E-state index contributed by atoms with van der Waals surface area (Å²) in [6.07, 6.45) is 2.40. The molecule has 2 atom stereocenters. The lowest BCUT2D eigenvalue weighted by molar-refractivity contribution is -0.689. The van der Waals surface area contributed by atoms with E-state index < -0.39 is 0 Å². The van der Waals surface area contributed by atoms with Crippen LogP contribution in [0.2, 0.25) is 0 Å². The minimum absolute atomic E-state index is 0.0304. The molecular formula is C18H18N3O3S+. The van der Waals surface area contributed by atoms with Crippen LogP contribution < -0.4 is 15.0 Å². The lowest BCUT2D eigenvalue weighted by Crippen LogP contribution is -2.43. The quantitative estimate of drug-likeness (QED) is 0.688. The normalized spacial score (nSPS) is 19.1. The average Bonchev–Trinajstić information content (AvgIpc) is 3.17. The highest BCUT2D eigenvalue weighted by molar-refractivity contribution is 7.09. The number of hydrogen-bond acceptors (Lipinski definition) is 4. The van der Waals surface area contributed by atoms with Gasteiger partial charge in [-0.2, -0.15) is 4.57 Å². The topological polar surface area (TPSA) is 79.0 Å². The summed E-state index contributed by atoms with van der Waals surface area (Å²) in [4.78, 5) is 28.2. The SMILES string of the molecule is CC1CC(c2c[nH]c(=O)s2)n2c1[n+](C)c(O)c(-c1ccccc1)c2=O. The fourth-order valence-corrected chi connectivity index (χ4v) is 4.52. The predicted molar refractivity (Wildman–Crippen MR) is 95.1 cm³/mol. The predicted octanol–water partition coefficient (Wildman–Crippen LogP) is 1.89. The maximum absolute atomic E-state index is 13.3. The molecule has 2 unspecified atom stereocenters. The van der Waals surface area contributed by atoms with E-state index in [1.807, 2.05) is 37.3 Å². The number of nitrogens with one attached hydrogen (secondary N) is 1. The summed E-state index contributed by atoms with van der Waals surface area (Å²) >= 11 is 1.13. The highest BCUT2D eigenvalue weighted by atomic mass is 32.1. The van der Waals surface area contributed by atoms with Crippen LogP contribution in [0.25, 0.3) is 11.1 Å². The van der Waals surface area contributed by atoms with Gasteiger partial charge in [0.15, 0.2) is 5.56 Å². The Labute approximate surface area is 147 Å². The number of H-pyrrole nitrogens is 1. The van der Waals surface area contributed by atoms with E-state index in [-0.39, 0.29) is 33.8 Å². The third kappa shape index (κ3) is 2.34. The number of thiazole rings is 1. The molecule has 3 heterocycles. The molecule has 0 saturated carbocycles. The highest BCUT2D eigenvalue weighted by Crippen LogP contribution is 2.39. The van der Waals surface area contributed by atoms with Crippen LogP contribution in [0.5, 0.6) is 5.88 Å². The Morgan fingerprint density at radius 1 is 1.28 bits per heavy atom. The van der Waals surface area contributed by atoms with Crippen LogP contribution in [-0.2, 0) is 7.05 Å². The van der Waals surface area contributed by atoms with E-state index in [0.717, 1.165) is 22.0 Å². The van der Waals surface area contributed by atoms with Crippen molar-refractivity contribution in [3.05, 3.63) is 67.3 Å². The van der Waals surface area contributed by atoms with E-state index >= 15 is 0 Å². The van der Waals surface area contributed by atoms with Crippen molar-refractivity contribution >= 4 is 11.3 Å². The molecule has 25 heavy (non-hydrogen) atoms. The molecule has 0 spiro atoms. The minimum Gasteiger partial charge on any atom is -0.477 e. The van der Waals surface area contributed by atoms with Gasteiger partial charge >= 0.3 is 10.4 Å². The molecule has 7 heteroatoms. The van der Waals surface area contributed by atoms with Gasteiger partial charge in [-0.3, -0.25) is 4.79 Å². The Balaban J connectivity index is 2.02. The third-order valence-electron chi connectivity index (χ3n) is 4.83. The monoisotopic (exact) mass is 356 g/mol. The van der Waals surface area contributed by atoms with Gasteiger partial charge in [-0.1, -0.05) is 48.6 Å². The van der Waals surface area contributed by atoms with Crippen LogP contribution >= 0.6 is 11.3 Å². The van der Waals surface area contributed by atoms with Crippen molar-refractivity contribution < 1.29 is 9.67 Å². The second-order valence-electron chi connectivity index (χ2n) is 6.39. The first kappa shape index (κ1) is 15.8. The van der Waals surface area contributed by atoms with Gasteiger partial charge < -0.3 is 10.1 Å². The number of benzene rings is 1. The van der Waals surface area contributed by atoms with E-state index in [1.54, 1.807) is 22.4 Å². The molecule has 0 bridgehead atoms.